The minimum Gasteiger partial charge on any atom is -0.171 e. The maximum atomic E-state index is 13.1. The molecule has 0 aliphatic carbocycles. The van der Waals surface area contributed by atoms with Gasteiger partial charge in [-0.2, -0.15) is 13.2 Å². The van der Waals surface area contributed by atoms with Crippen molar-refractivity contribution in [2.45, 2.75) is 54.1 Å². The highest BCUT2D eigenvalue weighted by molar-refractivity contribution is 4.90. The molecule has 0 spiro atoms. The zero-order valence-corrected chi connectivity index (χ0v) is 10.6. The Kier molecular flexibility index (Phi) is 4.68. The fourth-order valence-electron chi connectivity index (χ4n) is 2.87. The van der Waals surface area contributed by atoms with Crippen molar-refractivity contribution < 1.29 is 13.2 Å². The normalized spacial score (nSPS) is 17.6. The van der Waals surface area contributed by atoms with Gasteiger partial charge < -0.3 is 0 Å². The second-order valence-electron chi connectivity index (χ2n) is 5.28. The molecule has 1 atom stereocenters. The number of alkyl halides is 3. The Labute approximate surface area is 91.3 Å². The third-order valence-corrected chi connectivity index (χ3v) is 3.55. The van der Waals surface area contributed by atoms with Gasteiger partial charge in [0, 0.05) is 0 Å². The number of hydrogen-bond acceptors (Lipinski definition) is 0. The molecule has 0 nitrogen and oxygen atoms in total. The SMILES string of the molecule is CC[C@@](C)(C(C(C)C)C(C)C)C(F)(F)F. The van der Waals surface area contributed by atoms with Crippen molar-refractivity contribution in [3.63, 3.8) is 0 Å². The first kappa shape index (κ1) is 14.8. The number of halogens is 3. The van der Waals surface area contributed by atoms with Crippen molar-refractivity contribution >= 4 is 0 Å². The average Bonchev–Trinajstić information content (AvgIpc) is 2.00. The molecule has 0 aromatic heterocycles. The zero-order chi connectivity index (χ0) is 12.4. The lowest BCUT2D eigenvalue weighted by Crippen LogP contribution is -2.45. The maximum absolute atomic E-state index is 13.1. The van der Waals surface area contributed by atoms with Gasteiger partial charge in [0.05, 0.1) is 5.41 Å². The third kappa shape index (κ3) is 2.88. The van der Waals surface area contributed by atoms with Crippen LogP contribution >= 0.6 is 0 Å². The Morgan fingerprint density at radius 2 is 1.27 bits per heavy atom. The van der Waals surface area contributed by atoms with Gasteiger partial charge in [0.25, 0.3) is 0 Å². The third-order valence-electron chi connectivity index (χ3n) is 3.55. The summed E-state index contributed by atoms with van der Waals surface area (Å²) in [6.45, 7) is 10.5. The standard InChI is InChI=1S/C12H23F3/c1-7-11(6,12(13,14)15)10(8(2)3)9(4)5/h8-10H,7H2,1-6H3/t11-/m0/s1. The van der Waals surface area contributed by atoms with Crippen LogP contribution in [0, 0.1) is 23.2 Å². The van der Waals surface area contributed by atoms with Gasteiger partial charge in [0.15, 0.2) is 0 Å². The number of hydrogen-bond donors (Lipinski definition) is 0. The molecule has 0 fully saturated rings. The van der Waals surface area contributed by atoms with Gasteiger partial charge in [-0.05, 0) is 24.2 Å². The summed E-state index contributed by atoms with van der Waals surface area (Å²) in [5, 5.41) is 0. The van der Waals surface area contributed by atoms with E-state index >= 15 is 0 Å². The van der Waals surface area contributed by atoms with Gasteiger partial charge in [-0.1, -0.05) is 41.5 Å². The molecule has 0 heterocycles. The molecule has 0 aliphatic rings. The molecule has 0 saturated heterocycles. The van der Waals surface area contributed by atoms with Crippen LogP contribution in [0.2, 0.25) is 0 Å². The van der Waals surface area contributed by atoms with Crippen molar-refractivity contribution in [3.05, 3.63) is 0 Å². The van der Waals surface area contributed by atoms with E-state index in [4.69, 9.17) is 0 Å². The molecule has 0 radical (unpaired) electrons. The lowest BCUT2D eigenvalue weighted by Gasteiger charge is -2.43. The Balaban J connectivity index is 5.23. The van der Waals surface area contributed by atoms with Gasteiger partial charge in [0.1, 0.15) is 0 Å². The van der Waals surface area contributed by atoms with E-state index in [0.717, 1.165) is 0 Å². The minimum atomic E-state index is -4.11. The van der Waals surface area contributed by atoms with Crippen LogP contribution in [-0.4, -0.2) is 6.18 Å². The van der Waals surface area contributed by atoms with Crippen LogP contribution in [0.4, 0.5) is 13.2 Å². The molecule has 0 amide bonds. The van der Waals surface area contributed by atoms with E-state index in [0.29, 0.717) is 0 Å². The molecule has 0 aromatic rings. The maximum Gasteiger partial charge on any atom is 0.394 e. The van der Waals surface area contributed by atoms with Crippen LogP contribution in [0.15, 0.2) is 0 Å². The van der Waals surface area contributed by atoms with E-state index in [1.165, 1.54) is 6.92 Å². The van der Waals surface area contributed by atoms with E-state index in [1.54, 1.807) is 6.92 Å². The Bertz CT molecular complexity index is 186. The first-order chi connectivity index (χ1) is 6.58. The fourth-order valence-corrected chi connectivity index (χ4v) is 2.87. The topological polar surface area (TPSA) is 0 Å². The summed E-state index contributed by atoms with van der Waals surface area (Å²) in [7, 11) is 0. The molecular formula is C12H23F3. The molecule has 0 unspecified atom stereocenters. The zero-order valence-electron chi connectivity index (χ0n) is 10.6. The van der Waals surface area contributed by atoms with Gasteiger partial charge >= 0.3 is 6.18 Å². The first-order valence-electron chi connectivity index (χ1n) is 5.64. The molecule has 15 heavy (non-hydrogen) atoms. The summed E-state index contributed by atoms with van der Waals surface area (Å²) >= 11 is 0. The summed E-state index contributed by atoms with van der Waals surface area (Å²) in [6, 6.07) is 0. The summed E-state index contributed by atoms with van der Waals surface area (Å²) in [4.78, 5) is 0. The van der Waals surface area contributed by atoms with Crippen LogP contribution in [0.3, 0.4) is 0 Å². The van der Waals surface area contributed by atoms with E-state index in [-0.39, 0.29) is 24.2 Å². The smallest absolute Gasteiger partial charge is 0.171 e. The monoisotopic (exact) mass is 224 g/mol. The molecule has 0 saturated carbocycles. The van der Waals surface area contributed by atoms with Crippen molar-refractivity contribution in [2.75, 3.05) is 0 Å². The predicted octanol–water partition coefficient (Wildman–Crippen LogP) is 4.89. The molecule has 0 bridgehead atoms. The molecule has 0 rings (SSSR count). The van der Waals surface area contributed by atoms with Crippen molar-refractivity contribution in [1.82, 2.24) is 0 Å². The van der Waals surface area contributed by atoms with Crippen molar-refractivity contribution in [2.24, 2.45) is 23.2 Å². The van der Waals surface area contributed by atoms with Crippen LogP contribution in [0.25, 0.3) is 0 Å². The lowest BCUT2D eigenvalue weighted by molar-refractivity contribution is -0.248. The van der Waals surface area contributed by atoms with E-state index in [1.807, 2.05) is 27.7 Å². The second kappa shape index (κ2) is 4.75. The summed E-state index contributed by atoms with van der Waals surface area (Å²) in [5.41, 5.74) is -1.56. The van der Waals surface area contributed by atoms with Crippen LogP contribution < -0.4 is 0 Å². The Hall–Kier alpha value is -0.210. The second-order valence-corrected chi connectivity index (χ2v) is 5.28. The molecule has 0 N–H and O–H groups in total. The minimum absolute atomic E-state index is 0.0524. The predicted molar refractivity (Wildman–Crippen MR) is 57.6 cm³/mol. The van der Waals surface area contributed by atoms with E-state index < -0.39 is 11.6 Å². The highest BCUT2D eigenvalue weighted by Crippen LogP contribution is 2.51. The van der Waals surface area contributed by atoms with Crippen LogP contribution in [0.5, 0.6) is 0 Å². The van der Waals surface area contributed by atoms with E-state index in [2.05, 4.69) is 0 Å². The summed E-state index contributed by atoms with van der Waals surface area (Å²) in [6.07, 6.45) is -3.96. The quantitative estimate of drug-likeness (QED) is 0.637. The summed E-state index contributed by atoms with van der Waals surface area (Å²) in [5.74, 6) is -0.212. The van der Waals surface area contributed by atoms with Gasteiger partial charge in [-0.3, -0.25) is 0 Å². The molecule has 3 heteroatoms. The largest absolute Gasteiger partial charge is 0.394 e. The summed E-state index contributed by atoms with van der Waals surface area (Å²) < 4.78 is 39.2. The van der Waals surface area contributed by atoms with Gasteiger partial charge in [-0.25, -0.2) is 0 Å². The highest BCUT2D eigenvalue weighted by atomic mass is 19.4. The van der Waals surface area contributed by atoms with Crippen molar-refractivity contribution in [1.29, 1.82) is 0 Å². The van der Waals surface area contributed by atoms with Crippen LogP contribution in [-0.2, 0) is 0 Å². The first-order valence-corrected chi connectivity index (χ1v) is 5.64. The lowest BCUT2D eigenvalue weighted by atomic mass is 9.64. The average molecular weight is 224 g/mol. The Morgan fingerprint density at radius 1 is 0.933 bits per heavy atom. The van der Waals surface area contributed by atoms with Gasteiger partial charge in [0.2, 0.25) is 0 Å². The molecule has 0 aromatic carbocycles. The van der Waals surface area contributed by atoms with E-state index in [9.17, 15) is 13.2 Å². The highest BCUT2D eigenvalue weighted by Gasteiger charge is 2.55. The number of rotatable bonds is 4. The van der Waals surface area contributed by atoms with Crippen LogP contribution in [0.1, 0.15) is 48.0 Å². The molecular weight excluding hydrogens is 201 g/mol. The Morgan fingerprint density at radius 3 is 1.33 bits per heavy atom. The van der Waals surface area contributed by atoms with Crippen molar-refractivity contribution in [3.8, 4) is 0 Å². The molecule has 92 valence electrons. The van der Waals surface area contributed by atoms with Gasteiger partial charge in [-0.15, -0.1) is 0 Å². The fraction of sp³-hybridized carbons (Fsp3) is 1.00. The molecule has 0 aliphatic heterocycles.